The van der Waals surface area contributed by atoms with Crippen LogP contribution in [0.5, 0.6) is 0 Å². The first kappa shape index (κ1) is 29.8. The van der Waals surface area contributed by atoms with E-state index < -0.39 is 0 Å². The van der Waals surface area contributed by atoms with Gasteiger partial charge in [0.05, 0.1) is 22.6 Å². The molecule has 0 aromatic heterocycles. The molecule has 1 aliphatic carbocycles. The van der Waals surface area contributed by atoms with Gasteiger partial charge in [-0.3, -0.25) is 0 Å². The van der Waals surface area contributed by atoms with Crippen LogP contribution in [0.1, 0.15) is 66.6 Å². The average Bonchev–Trinajstić information content (AvgIpc) is 3.12. The number of hydrogen-bond donors (Lipinski definition) is 1. The second-order valence-electron chi connectivity index (χ2n) is 14.2. The van der Waals surface area contributed by atoms with E-state index in [0.717, 1.165) is 23.1 Å². The number of anilines is 4. The molecule has 0 unspecified atom stereocenters. The predicted octanol–water partition coefficient (Wildman–Crippen LogP) is 11.0. The predicted molar refractivity (Wildman–Crippen MR) is 199 cm³/mol. The van der Waals surface area contributed by atoms with Gasteiger partial charge in [0, 0.05) is 16.5 Å². The van der Waals surface area contributed by atoms with Gasteiger partial charge in [-0.1, -0.05) is 131 Å². The van der Waals surface area contributed by atoms with Gasteiger partial charge in [-0.2, -0.15) is 5.26 Å². The molecule has 0 radical (unpaired) electrons. The second-order valence-corrected chi connectivity index (χ2v) is 14.2. The van der Waals surface area contributed by atoms with Crippen LogP contribution in [0.25, 0.3) is 22.3 Å². The molecule has 1 aliphatic heterocycles. The summed E-state index contributed by atoms with van der Waals surface area (Å²) in [7, 11) is 0. The molecule has 0 saturated carbocycles. The molecule has 0 fully saturated rings. The number of nitrogens with zero attached hydrogens (tertiary/aromatic N) is 2. The summed E-state index contributed by atoms with van der Waals surface area (Å²) in [6.45, 7) is 9.32. The summed E-state index contributed by atoms with van der Waals surface area (Å²) < 4.78 is 0. The van der Waals surface area contributed by atoms with Crippen molar-refractivity contribution in [3.63, 3.8) is 0 Å². The summed E-state index contributed by atoms with van der Waals surface area (Å²) in [4.78, 5) is 2.48. The molecule has 0 bridgehead atoms. The summed E-state index contributed by atoms with van der Waals surface area (Å²) in [5.41, 5.74) is 23.3. The Labute approximate surface area is 283 Å². The lowest BCUT2D eigenvalue weighted by atomic mass is 9.72. The van der Waals surface area contributed by atoms with Crippen LogP contribution in [0, 0.1) is 11.3 Å². The maximum absolute atomic E-state index is 10.1. The van der Waals surface area contributed by atoms with Crippen molar-refractivity contribution in [2.45, 2.75) is 51.4 Å². The molecule has 2 N–H and O–H groups in total. The van der Waals surface area contributed by atoms with Crippen LogP contribution in [0.15, 0.2) is 127 Å². The molecule has 3 nitrogen and oxygen atoms in total. The van der Waals surface area contributed by atoms with Crippen LogP contribution < -0.4 is 10.6 Å². The minimum Gasteiger partial charge on any atom is -0.397 e. The van der Waals surface area contributed by atoms with Crippen LogP contribution in [-0.2, 0) is 23.7 Å². The molecule has 1 heterocycles. The first-order valence-corrected chi connectivity index (χ1v) is 16.9. The molecule has 2 aliphatic rings. The Kier molecular flexibility index (Phi) is 6.83. The minimum atomic E-state index is -0.334. The maximum Gasteiger partial charge on any atom is 0.101 e. The van der Waals surface area contributed by atoms with Gasteiger partial charge in [0.1, 0.15) is 6.07 Å². The summed E-state index contributed by atoms with van der Waals surface area (Å²) in [6, 6.07) is 48.4. The Morgan fingerprint density at radius 2 is 0.938 bits per heavy atom. The van der Waals surface area contributed by atoms with Crippen molar-refractivity contribution in [2.75, 3.05) is 10.6 Å². The van der Waals surface area contributed by atoms with Crippen molar-refractivity contribution in [3.05, 3.63) is 166 Å². The fourth-order valence-corrected chi connectivity index (χ4v) is 8.43. The molecule has 0 saturated heterocycles. The largest absolute Gasteiger partial charge is 0.397 e. The van der Waals surface area contributed by atoms with Crippen molar-refractivity contribution in [3.8, 4) is 28.3 Å². The highest BCUT2D eigenvalue weighted by atomic mass is 15.2. The fraction of sp³-hybridized carbons (Fsp3) is 0.178. The van der Waals surface area contributed by atoms with Crippen molar-refractivity contribution in [2.24, 2.45) is 0 Å². The van der Waals surface area contributed by atoms with Crippen LogP contribution in [0.2, 0.25) is 0 Å². The molecule has 0 amide bonds. The van der Waals surface area contributed by atoms with Gasteiger partial charge in [0.25, 0.3) is 0 Å². The molecule has 8 rings (SSSR count). The molecule has 3 heteroatoms. The zero-order chi connectivity index (χ0) is 33.2. The van der Waals surface area contributed by atoms with Crippen molar-refractivity contribution in [1.82, 2.24) is 0 Å². The van der Waals surface area contributed by atoms with E-state index in [4.69, 9.17) is 5.73 Å². The lowest BCUT2D eigenvalue weighted by Crippen LogP contribution is -2.31. The van der Waals surface area contributed by atoms with E-state index in [-0.39, 0.29) is 10.8 Å². The summed E-state index contributed by atoms with van der Waals surface area (Å²) in [6.07, 6.45) is 1.44. The second kappa shape index (κ2) is 11.0. The third-order valence-electron chi connectivity index (χ3n) is 10.9. The van der Waals surface area contributed by atoms with E-state index >= 15 is 0 Å². The van der Waals surface area contributed by atoms with E-state index in [1.165, 1.54) is 56.0 Å². The molecular weight excluding hydrogens is 583 g/mol. The monoisotopic (exact) mass is 621 g/mol. The van der Waals surface area contributed by atoms with Gasteiger partial charge in [-0.05, 0) is 92.7 Å². The fourth-order valence-electron chi connectivity index (χ4n) is 8.43. The molecule has 0 atom stereocenters. The summed E-state index contributed by atoms with van der Waals surface area (Å²) in [5.74, 6) is 0. The lowest BCUT2D eigenvalue weighted by Gasteiger charge is -2.42. The quantitative estimate of drug-likeness (QED) is 0.186. The highest BCUT2D eigenvalue weighted by Crippen LogP contribution is 2.54. The van der Waals surface area contributed by atoms with Crippen molar-refractivity contribution in [1.29, 1.82) is 5.26 Å². The molecule has 48 heavy (non-hydrogen) atoms. The first-order valence-electron chi connectivity index (χ1n) is 16.9. The number of nitrogen functional groups attached to an aromatic ring is 1. The maximum atomic E-state index is 10.1. The highest BCUT2D eigenvalue weighted by molar-refractivity contribution is 5.90. The number of nitriles is 1. The number of hydrogen-bond acceptors (Lipinski definition) is 3. The molecule has 6 aromatic rings. The van der Waals surface area contributed by atoms with Crippen LogP contribution >= 0.6 is 0 Å². The smallest absolute Gasteiger partial charge is 0.101 e. The number of para-hydroxylation sites is 2. The van der Waals surface area contributed by atoms with Gasteiger partial charge in [0.2, 0.25) is 0 Å². The van der Waals surface area contributed by atoms with Crippen LogP contribution in [0.3, 0.4) is 0 Å². The van der Waals surface area contributed by atoms with E-state index in [2.05, 4.69) is 160 Å². The van der Waals surface area contributed by atoms with Gasteiger partial charge in [-0.25, -0.2) is 0 Å². The molecule has 234 valence electrons. The number of fused-ring (bicyclic) bond motifs is 8. The zero-order valence-corrected chi connectivity index (χ0v) is 28.0. The van der Waals surface area contributed by atoms with Crippen LogP contribution in [-0.4, -0.2) is 0 Å². The van der Waals surface area contributed by atoms with Gasteiger partial charge < -0.3 is 10.6 Å². The topological polar surface area (TPSA) is 53.0 Å². The van der Waals surface area contributed by atoms with Gasteiger partial charge >= 0.3 is 0 Å². The summed E-state index contributed by atoms with van der Waals surface area (Å²) in [5, 5.41) is 10.1. The standard InChI is InChI=1S/C45H39N3/c1-44(2)36-17-7-5-14-32(36)30-16-13-23-40(48-41-21-11-9-19-38(41)45(3,4)39-20-10-12-22-42(39)48)34(30)26-27-35-31(25-24-29(28-46)43(35)47)33-15-6-8-18-37(33)44/h5-25H,26-27,47H2,1-4H3. The van der Waals surface area contributed by atoms with E-state index in [0.29, 0.717) is 17.7 Å². The first-order chi connectivity index (χ1) is 23.2. The normalized spacial score (nSPS) is 15.3. The molecular formula is C45H39N3. The Hall–Kier alpha value is -5.59. The summed E-state index contributed by atoms with van der Waals surface area (Å²) >= 11 is 0. The van der Waals surface area contributed by atoms with E-state index in [1.807, 2.05) is 6.07 Å². The highest BCUT2D eigenvalue weighted by Gasteiger charge is 2.38. The van der Waals surface area contributed by atoms with Gasteiger partial charge in [0.15, 0.2) is 0 Å². The Morgan fingerprint density at radius 1 is 0.500 bits per heavy atom. The van der Waals surface area contributed by atoms with Crippen molar-refractivity contribution >= 4 is 22.7 Å². The average molecular weight is 622 g/mol. The Balaban J connectivity index is 1.46. The minimum absolute atomic E-state index is 0.149. The Morgan fingerprint density at radius 3 is 1.52 bits per heavy atom. The van der Waals surface area contributed by atoms with E-state index in [1.54, 1.807) is 0 Å². The molecule has 6 aromatic carbocycles. The number of rotatable bonds is 1. The molecule has 0 spiro atoms. The van der Waals surface area contributed by atoms with Gasteiger partial charge in [-0.15, -0.1) is 0 Å². The van der Waals surface area contributed by atoms with E-state index in [9.17, 15) is 5.26 Å². The van der Waals surface area contributed by atoms with Crippen LogP contribution in [0.4, 0.5) is 22.7 Å². The zero-order valence-electron chi connectivity index (χ0n) is 28.0. The number of nitrogens with two attached hydrogens (primary N) is 1. The SMILES string of the molecule is CC1(C)c2ccccc2-c2cccc(N3c4ccccc4C(C)(C)c4ccccc43)c2CCc2c(ccc(C#N)c2N)-c2ccccc21. The number of benzene rings is 6. The third-order valence-corrected chi connectivity index (χ3v) is 10.9. The Bertz CT molecular complexity index is 2230. The van der Waals surface area contributed by atoms with Crippen molar-refractivity contribution < 1.29 is 0 Å². The third kappa shape index (κ3) is 4.33. The lowest BCUT2D eigenvalue weighted by molar-refractivity contribution is 0.631.